The number of carbonyl (C=O) groups is 1. The molecule has 1 aromatic rings. The molecule has 1 amide bonds. The summed E-state index contributed by atoms with van der Waals surface area (Å²) in [5.41, 5.74) is 0.344. The minimum atomic E-state index is -0.173. The SMILES string of the molecule is CC1(NC(=O)c2ccc(Br)cc2Cl)CCNC1. The van der Waals surface area contributed by atoms with E-state index in [1.54, 1.807) is 12.1 Å². The van der Waals surface area contributed by atoms with Crippen LogP contribution in [0.4, 0.5) is 0 Å². The average molecular weight is 318 g/mol. The maximum atomic E-state index is 12.1. The molecule has 3 nitrogen and oxygen atoms in total. The van der Waals surface area contributed by atoms with Crippen LogP contribution in [0.1, 0.15) is 23.7 Å². The largest absolute Gasteiger partial charge is 0.346 e. The minimum Gasteiger partial charge on any atom is -0.346 e. The summed E-state index contributed by atoms with van der Waals surface area (Å²) in [6, 6.07) is 5.27. The van der Waals surface area contributed by atoms with Crippen LogP contribution in [0, 0.1) is 0 Å². The number of rotatable bonds is 2. The fourth-order valence-electron chi connectivity index (χ4n) is 1.94. The first kappa shape index (κ1) is 12.9. The molecule has 1 aliphatic heterocycles. The zero-order valence-corrected chi connectivity index (χ0v) is 11.9. The number of halogens is 2. The van der Waals surface area contributed by atoms with E-state index in [-0.39, 0.29) is 11.4 Å². The highest BCUT2D eigenvalue weighted by molar-refractivity contribution is 9.10. The zero-order chi connectivity index (χ0) is 12.5. The Kier molecular flexibility index (Phi) is 3.76. The molecule has 0 spiro atoms. The lowest BCUT2D eigenvalue weighted by Gasteiger charge is -2.24. The minimum absolute atomic E-state index is 0.117. The number of hydrogen-bond acceptors (Lipinski definition) is 2. The predicted molar refractivity (Wildman–Crippen MR) is 72.5 cm³/mol. The van der Waals surface area contributed by atoms with E-state index in [1.807, 2.05) is 13.0 Å². The van der Waals surface area contributed by atoms with Crippen LogP contribution in [0.3, 0.4) is 0 Å². The highest BCUT2D eigenvalue weighted by atomic mass is 79.9. The topological polar surface area (TPSA) is 41.1 Å². The van der Waals surface area contributed by atoms with Gasteiger partial charge in [-0.3, -0.25) is 4.79 Å². The van der Waals surface area contributed by atoms with E-state index < -0.39 is 0 Å². The summed E-state index contributed by atoms with van der Waals surface area (Å²) >= 11 is 9.37. The molecule has 5 heteroatoms. The van der Waals surface area contributed by atoms with Crippen molar-refractivity contribution in [2.75, 3.05) is 13.1 Å². The summed E-state index contributed by atoms with van der Waals surface area (Å²) in [6.45, 7) is 3.77. The lowest BCUT2D eigenvalue weighted by atomic mass is 10.0. The highest BCUT2D eigenvalue weighted by Crippen LogP contribution is 2.22. The first-order valence-electron chi connectivity index (χ1n) is 5.48. The number of benzene rings is 1. The van der Waals surface area contributed by atoms with E-state index in [0.717, 1.165) is 24.0 Å². The van der Waals surface area contributed by atoms with Crippen molar-refractivity contribution in [1.82, 2.24) is 10.6 Å². The third-order valence-corrected chi connectivity index (χ3v) is 3.77. The quantitative estimate of drug-likeness (QED) is 0.880. The van der Waals surface area contributed by atoms with Gasteiger partial charge in [0.25, 0.3) is 5.91 Å². The van der Waals surface area contributed by atoms with Crippen LogP contribution >= 0.6 is 27.5 Å². The Hall–Kier alpha value is -0.580. The lowest BCUT2D eigenvalue weighted by Crippen LogP contribution is -2.47. The molecule has 0 bridgehead atoms. The Labute approximate surface area is 114 Å². The molecule has 1 atom stereocenters. The van der Waals surface area contributed by atoms with Crippen LogP contribution in [0.5, 0.6) is 0 Å². The standard InChI is InChI=1S/C12H14BrClN2O/c1-12(4-5-15-7-12)16-11(17)9-3-2-8(13)6-10(9)14/h2-3,6,15H,4-5,7H2,1H3,(H,16,17). The Balaban J connectivity index is 2.14. The maximum Gasteiger partial charge on any atom is 0.253 e. The molecule has 0 radical (unpaired) electrons. The Morgan fingerprint density at radius 1 is 1.59 bits per heavy atom. The third kappa shape index (κ3) is 3.00. The summed E-state index contributed by atoms with van der Waals surface area (Å²) < 4.78 is 0.868. The van der Waals surface area contributed by atoms with E-state index >= 15 is 0 Å². The smallest absolute Gasteiger partial charge is 0.253 e. The van der Waals surface area contributed by atoms with Gasteiger partial charge in [-0.1, -0.05) is 27.5 Å². The third-order valence-electron chi connectivity index (χ3n) is 2.96. The number of amides is 1. The number of carbonyl (C=O) groups excluding carboxylic acids is 1. The molecule has 2 N–H and O–H groups in total. The molecule has 0 saturated carbocycles. The van der Waals surface area contributed by atoms with Gasteiger partial charge in [-0.15, -0.1) is 0 Å². The van der Waals surface area contributed by atoms with Crippen molar-refractivity contribution in [2.24, 2.45) is 0 Å². The van der Waals surface area contributed by atoms with Gasteiger partial charge >= 0.3 is 0 Å². The highest BCUT2D eigenvalue weighted by Gasteiger charge is 2.30. The van der Waals surface area contributed by atoms with Gasteiger partial charge in [0.05, 0.1) is 16.1 Å². The normalized spacial score (nSPS) is 23.7. The molecule has 1 unspecified atom stereocenters. The summed E-state index contributed by atoms with van der Waals surface area (Å²) in [7, 11) is 0. The fourth-order valence-corrected chi connectivity index (χ4v) is 2.70. The number of nitrogens with one attached hydrogen (secondary N) is 2. The van der Waals surface area contributed by atoms with Gasteiger partial charge in [-0.2, -0.15) is 0 Å². The van der Waals surface area contributed by atoms with Crippen molar-refractivity contribution in [3.63, 3.8) is 0 Å². The molecule has 0 aliphatic carbocycles. The van der Waals surface area contributed by atoms with Gasteiger partial charge in [-0.05, 0) is 38.1 Å². The summed E-state index contributed by atoms with van der Waals surface area (Å²) in [6.07, 6.45) is 0.937. The predicted octanol–water partition coefficient (Wildman–Crippen LogP) is 2.58. The molecule has 1 aromatic carbocycles. The van der Waals surface area contributed by atoms with E-state index in [9.17, 15) is 4.79 Å². The molecule has 2 rings (SSSR count). The number of hydrogen-bond donors (Lipinski definition) is 2. The molecular formula is C12H14BrClN2O. The summed E-state index contributed by atoms with van der Waals surface area (Å²) in [5.74, 6) is -0.117. The first-order valence-corrected chi connectivity index (χ1v) is 6.66. The zero-order valence-electron chi connectivity index (χ0n) is 9.52. The summed E-state index contributed by atoms with van der Waals surface area (Å²) in [5, 5.41) is 6.73. The summed E-state index contributed by atoms with van der Waals surface area (Å²) in [4.78, 5) is 12.1. The van der Waals surface area contributed by atoms with Gasteiger partial charge in [-0.25, -0.2) is 0 Å². The van der Waals surface area contributed by atoms with Crippen LogP contribution in [0.2, 0.25) is 5.02 Å². The van der Waals surface area contributed by atoms with E-state index in [2.05, 4.69) is 26.6 Å². The molecule has 1 fully saturated rings. The van der Waals surface area contributed by atoms with Crippen LogP contribution in [-0.2, 0) is 0 Å². The van der Waals surface area contributed by atoms with Gasteiger partial charge < -0.3 is 10.6 Å². The molecular weight excluding hydrogens is 304 g/mol. The van der Waals surface area contributed by atoms with E-state index in [0.29, 0.717) is 10.6 Å². The second-order valence-corrected chi connectivity index (χ2v) is 5.89. The van der Waals surface area contributed by atoms with Crippen LogP contribution in [-0.4, -0.2) is 24.5 Å². The van der Waals surface area contributed by atoms with Crippen molar-refractivity contribution in [2.45, 2.75) is 18.9 Å². The van der Waals surface area contributed by atoms with Gasteiger partial charge in [0, 0.05) is 11.0 Å². The molecule has 1 heterocycles. The average Bonchev–Trinajstić information content (AvgIpc) is 2.64. The second-order valence-electron chi connectivity index (χ2n) is 4.57. The Bertz CT molecular complexity index is 444. The van der Waals surface area contributed by atoms with Crippen molar-refractivity contribution < 1.29 is 4.79 Å². The van der Waals surface area contributed by atoms with Crippen LogP contribution < -0.4 is 10.6 Å². The fraction of sp³-hybridized carbons (Fsp3) is 0.417. The first-order chi connectivity index (χ1) is 8.00. The Morgan fingerprint density at radius 2 is 2.35 bits per heavy atom. The maximum absolute atomic E-state index is 12.1. The van der Waals surface area contributed by atoms with E-state index in [4.69, 9.17) is 11.6 Å². The lowest BCUT2D eigenvalue weighted by molar-refractivity contribution is 0.0913. The molecule has 1 saturated heterocycles. The van der Waals surface area contributed by atoms with Gasteiger partial charge in [0.15, 0.2) is 0 Å². The molecule has 1 aliphatic rings. The van der Waals surface area contributed by atoms with Crippen LogP contribution in [0.25, 0.3) is 0 Å². The van der Waals surface area contributed by atoms with Crippen molar-refractivity contribution in [3.8, 4) is 0 Å². The van der Waals surface area contributed by atoms with Gasteiger partial charge in [0.1, 0.15) is 0 Å². The second kappa shape index (κ2) is 4.96. The van der Waals surface area contributed by atoms with E-state index in [1.165, 1.54) is 0 Å². The van der Waals surface area contributed by atoms with Crippen LogP contribution in [0.15, 0.2) is 22.7 Å². The van der Waals surface area contributed by atoms with Crippen molar-refractivity contribution >= 4 is 33.4 Å². The molecule has 17 heavy (non-hydrogen) atoms. The van der Waals surface area contributed by atoms with Crippen molar-refractivity contribution in [1.29, 1.82) is 0 Å². The van der Waals surface area contributed by atoms with Gasteiger partial charge in [0.2, 0.25) is 0 Å². The molecule has 92 valence electrons. The molecule has 0 aromatic heterocycles. The van der Waals surface area contributed by atoms with Crippen molar-refractivity contribution in [3.05, 3.63) is 33.3 Å². The monoisotopic (exact) mass is 316 g/mol. The Morgan fingerprint density at radius 3 is 2.94 bits per heavy atom.